The van der Waals surface area contributed by atoms with E-state index < -0.39 is 11.9 Å². The fraction of sp³-hybridized carbons (Fsp3) is 0.500. The van der Waals surface area contributed by atoms with Gasteiger partial charge in [-0.25, -0.2) is 4.79 Å². The summed E-state index contributed by atoms with van der Waals surface area (Å²) in [5.74, 6) is -0.329. The van der Waals surface area contributed by atoms with Crippen molar-refractivity contribution in [3.05, 3.63) is 49.9 Å². The van der Waals surface area contributed by atoms with Crippen molar-refractivity contribution in [1.29, 1.82) is 0 Å². The number of ether oxygens (including phenoxy) is 2. The van der Waals surface area contributed by atoms with Crippen molar-refractivity contribution in [2.75, 3.05) is 11.9 Å². The van der Waals surface area contributed by atoms with Crippen molar-refractivity contribution >= 4 is 29.3 Å². The third-order valence-corrected chi connectivity index (χ3v) is 8.32. The van der Waals surface area contributed by atoms with Gasteiger partial charge in [0.1, 0.15) is 5.69 Å². The Balaban J connectivity index is 1.35. The number of rotatable bonds is 4. The molecule has 1 aromatic heterocycles. The minimum Gasteiger partial charge on any atom is -0.465 e. The Labute approximate surface area is 213 Å². The maximum absolute atomic E-state index is 13.5. The number of aromatic nitrogens is 1. The van der Waals surface area contributed by atoms with Gasteiger partial charge in [0.2, 0.25) is 0 Å². The second kappa shape index (κ2) is 8.16. The van der Waals surface area contributed by atoms with Crippen LogP contribution in [-0.2, 0) is 0 Å². The number of benzene rings is 1. The molecule has 3 aliphatic rings. The van der Waals surface area contributed by atoms with Crippen LogP contribution in [-0.4, -0.2) is 41.0 Å². The molecule has 2 saturated carbocycles. The fourth-order valence-electron chi connectivity index (χ4n) is 6.23. The van der Waals surface area contributed by atoms with Gasteiger partial charge in [-0.1, -0.05) is 11.6 Å². The van der Waals surface area contributed by atoms with E-state index >= 15 is 0 Å². The highest BCUT2D eigenvalue weighted by atomic mass is 35.5. The SMILES string of the molecule is Cc1cc(C)c(N(C)C(=O)c2cc(Cl)c3c(c2C)OC(C)(C2CC4(CC(NC(=O)O)C4)C2)O3)c(=O)[nH]1. The number of carboxylic acid groups (broad SMARTS) is 1. The minimum atomic E-state index is -0.987. The number of carbonyl (C=O) groups is 2. The van der Waals surface area contributed by atoms with Gasteiger partial charge < -0.3 is 29.8 Å². The molecular formula is C26H30ClN3O6. The van der Waals surface area contributed by atoms with Crippen molar-refractivity contribution in [3.63, 3.8) is 0 Å². The standard InChI is InChI=1S/C26H30ClN3O6/c1-12-6-13(2)28-22(31)19(12)30(5)23(32)17-7-18(27)21-20(14(17)3)35-25(4,36-21)15-8-26(9-15)10-16(11-26)29-24(33)34/h6-7,15-16,29H,8-11H2,1-5H3,(H,28,31)(H,33,34). The average molecular weight is 516 g/mol. The first-order chi connectivity index (χ1) is 16.8. The van der Waals surface area contributed by atoms with Gasteiger partial charge in [0, 0.05) is 42.8 Å². The molecule has 1 spiro atoms. The summed E-state index contributed by atoms with van der Waals surface area (Å²) in [6.07, 6.45) is 2.40. The van der Waals surface area contributed by atoms with Crippen LogP contribution in [0.2, 0.25) is 5.02 Å². The largest absolute Gasteiger partial charge is 0.465 e. The van der Waals surface area contributed by atoms with E-state index in [0.29, 0.717) is 28.2 Å². The number of amides is 2. The number of pyridine rings is 1. The van der Waals surface area contributed by atoms with Crippen LogP contribution < -0.4 is 25.2 Å². The fourth-order valence-corrected chi connectivity index (χ4v) is 6.47. The first-order valence-electron chi connectivity index (χ1n) is 12.0. The minimum absolute atomic E-state index is 0.00511. The van der Waals surface area contributed by atoms with Gasteiger partial charge in [0.15, 0.2) is 11.5 Å². The van der Waals surface area contributed by atoms with Crippen LogP contribution in [0.4, 0.5) is 10.5 Å². The summed E-state index contributed by atoms with van der Waals surface area (Å²) in [6, 6.07) is 3.39. The maximum Gasteiger partial charge on any atom is 0.404 e. The topological polar surface area (TPSA) is 121 Å². The van der Waals surface area contributed by atoms with E-state index in [4.69, 9.17) is 26.2 Å². The Morgan fingerprint density at radius 3 is 2.39 bits per heavy atom. The number of nitrogens with zero attached hydrogens (tertiary/aromatic N) is 1. The third-order valence-electron chi connectivity index (χ3n) is 8.04. The van der Waals surface area contributed by atoms with Crippen LogP contribution in [0.25, 0.3) is 0 Å². The number of hydrogen-bond donors (Lipinski definition) is 3. The van der Waals surface area contributed by atoms with Gasteiger partial charge in [0.05, 0.1) is 5.02 Å². The second-order valence-electron chi connectivity index (χ2n) is 10.7. The Morgan fingerprint density at radius 1 is 1.14 bits per heavy atom. The number of nitrogens with one attached hydrogen (secondary N) is 2. The zero-order chi connectivity index (χ0) is 26.2. The number of H-pyrrole nitrogens is 1. The quantitative estimate of drug-likeness (QED) is 0.549. The molecule has 9 nitrogen and oxygen atoms in total. The molecule has 2 aromatic rings. The van der Waals surface area contributed by atoms with E-state index in [9.17, 15) is 14.4 Å². The number of carbonyl (C=O) groups excluding carboxylic acids is 1. The number of halogens is 1. The maximum atomic E-state index is 13.5. The highest BCUT2D eigenvalue weighted by Gasteiger charge is 2.61. The van der Waals surface area contributed by atoms with Crippen molar-refractivity contribution in [3.8, 4) is 11.5 Å². The lowest BCUT2D eigenvalue weighted by molar-refractivity contribution is -0.191. The van der Waals surface area contributed by atoms with Gasteiger partial charge in [-0.3, -0.25) is 9.59 Å². The smallest absolute Gasteiger partial charge is 0.404 e. The van der Waals surface area contributed by atoms with Gasteiger partial charge in [0.25, 0.3) is 17.3 Å². The Kier molecular flexibility index (Phi) is 5.55. The molecule has 0 radical (unpaired) electrons. The predicted octanol–water partition coefficient (Wildman–Crippen LogP) is 4.54. The summed E-state index contributed by atoms with van der Waals surface area (Å²) in [7, 11) is 1.57. The van der Waals surface area contributed by atoms with E-state index in [1.807, 2.05) is 13.0 Å². The molecule has 1 unspecified atom stereocenters. The number of anilines is 1. The Bertz CT molecular complexity index is 1340. The Morgan fingerprint density at radius 2 is 1.78 bits per heavy atom. The molecule has 2 heterocycles. The van der Waals surface area contributed by atoms with Crippen LogP contribution >= 0.6 is 11.6 Å². The molecule has 1 aliphatic heterocycles. The molecular weight excluding hydrogens is 486 g/mol. The monoisotopic (exact) mass is 515 g/mol. The number of aromatic amines is 1. The molecule has 10 heteroatoms. The van der Waals surface area contributed by atoms with Gasteiger partial charge in [-0.15, -0.1) is 0 Å². The molecule has 3 N–H and O–H groups in total. The van der Waals surface area contributed by atoms with E-state index in [1.54, 1.807) is 33.9 Å². The number of fused-ring (bicyclic) bond motifs is 1. The van der Waals surface area contributed by atoms with Crippen molar-refractivity contribution < 1.29 is 24.2 Å². The van der Waals surface area contributed by atoms with Gasteiger partial charge in [-0.05, 0) is 69.6 Å². The lowest BCUT2D eigenvalue weighted by Gasteiger charge is -2.59. The number of hydrogen-bond acceptors (Lipinski definition) is 5. The zero-order valence-corrected chi connectivity index (χ0v) is 21.7. The normalized spacial score (nSPS) is 27.8. The van der Waals surface area contributed by atoms with Crippen LogP contribution in [0.1, 0.15) is 59.8 Å². The summed E-state index contributed by atoms with van der Waals surface area (Å²) in [5.41, 5.74) is 2.41. The first kappa shape index (κ1) is 24.5. The summed E-state index contributed by atoms with van der Waals surface area (Å²) < 4.78 is 12.6. The van der Waals surface area contributed by atoms with Crippen molar-refractivity contribution in [1.82, 2.24) is 10.3 Å². The molecule has 2 aliphatic carbocycles. The molecule has 192 valence electrons. The molecule has 5 rings (SSSR count). The molecule has 36 heavy (non-hydrogen) atoms. The van der Waals surface area contributed by atoms with E-state index in [2.05, 4.69) is 10.3 Å². The third kappa shape index (κ3) is 3.80. The molecule has 2 fully saturated rings. The lowest BCUT2D eigenvalue weighted by atomic mass is 9.48. The second-order valence-corrected chi connectivity index (χ2v) is 11.2. The molecule has 0 saturated heterocycles. The number of aryl methyl sites for hydroxylation is 2. The predicted molar refractivity (Wildman–Crippen MR) is 134 cm³/mol. The summed E-state index contributed by atoms with van der Waals surface area (Å²) in [5, 5.41) is 11.7. The van der Waals surface area contributed by atoms with Crippen LogP contribution in [0, 0.1) is 32.1 Å². The van der Waals surface area contributed by atoms with E-state index in [0.717, 1.165) is 31.4 Å². The zero-order valence-electron chi connectivity index (χ0n) is 21.0. The van der Waals surface area contributed by atoms with E-state index in [1.165, 1.54) is 4.90 Å². The van der Waals surface area contributed by atoms with Crippen LogP contribution in [0.3, 0.4) is 0 Å². The molecule has 1 atom stereocenters. The van der Waals surface area contributed by atoms with Gasteiger partial charge in [-0.2, -0.15) is 0 Å². The highest BCUT2D eigenvalue weighted by molar-refractivity contribution is 6.33. The molecule has 2 amide bonds. The van der Waals surface area contributed by atoms with E-state index in [-0.39, 0.29) is 39.6 Å². The van der Waals surface area contributed by atoms with Gasteiger partial charge >= 0.3 is 6.09 Å². The average Bonchev–Trinajstić information content (AvgIpc) is 3.09. The molecule has 0 bridgehead atoms. The summed E-state index contributed by atoms with van der Waals surface area (Å²) in [4.78, 5) is 41.0. The summed E-state index contributed by atoms with van der Waals surface area (Å²) in [6.45, 7) is 7.25. The highest BCUT2D eigenvalue weighted by Crippen LogP contribution is 2.63. The van der Waals surface area contributed by atoms with Crippen LogP contribution in [0.5, 0.6) is 11.5 Å². The van der Waals surface area contributed by atoms with Crippen LogP contribution in [0.15, 0.2) is 16.9 Å². The molecule has 1 aromatic carbocycles. The first-order valence-corrected chi connectivity index (χ1v) is 12.4. The lowest BCUT2D eigenvalue weighted by Crippen LogP contribution is -2.61. The summed E-state index contributed by atoms with van der Waals surface area (Å²) >= 11 is 6.57. The van der Waals surface area contributed by atoms with Crippen molar-refractivity contribution in [2.45, 2.75) is 65.2 Å². The van der Waals surface area contributed by atoms with Crippen molar-refractivity contribution in [2.24, 2.45) is 11.3 Å². The Hall–Kier alpha value is -3.20.